The van der Waals surface area contributed by atoms with E-state index in [4.69, 9.17) is 15.1 Å². The van der Waals surface area contributed by atoms with E-state index in [2.05, 4.69) is 6.58 Å². The number of carboxylic acids is 1. The van der Waals surface area contributed by atoms with Crippen LogP contribution < -0.4 is 0 Å². The van der Waals surface area contributed by atoms with Crippen molar-refractivity contribution in [2.45, 2.75) is 13.3 Å². The molecule has 1 N–H and O–H groups in total. The molecule has 0 amide bonds. The van der Waals surface area contributed by atoms with E-state index < -0.39 is 11.9 Å². The van der Waals surface area contributed by atoms with Crippen molar-refractivity contribution in [2.24, 2.45) is 0 Å². The van der Waals surface area contributed by atoms with Crippen molar-refractivity contribution in [3.63, 3.8) is 0 Å². The SMILES string of the molecule is C=C(C)C(=O)OCCC(=Cc1cccc(C#N)c1)C(=O)O. The molecule has 0 heterocycles. The van der Waals surface area contributed by atoms with Gasteiger partial charge in [0.05, 0.1) is 18.2 Å². The second kappa shape index (κ2) is 7.65. The van der Waals surface area contributed by atoms with Crippen LogP contribution in [0.3, 0.4) is 0 Å². The van der Waals surface area contributed by atoms with Crippen molar-refractivity contribution in [3.05, 3.63) is 53.1 Å². The molecule has 0 spiro atoms. The average molecular weight is 285 g/mol. The summed E-state index contributed by atoms with van der Waals surface area (Å²) in [6.07, 6.45) is 1.53. The Morgan fingerprint density at radius 1 is 1.48 bits per heavy atom. The maximum absolute atomic E-state index is 11.2. The minimum absolute atomic E-state index is 0.0399. The van der Waals surface area contributed by atoms with E-state index in [1.54, 1.807) is 24.3 Å². The molecule has 1 aromatic carbocycles. The predicted molar refractivity (Wildman–Crippen MR) is 77.2 cm³/mol. The second-order valence-electron chi connectivity index (χ2n) is 4.38. The van der Waals surface area contributed by atoms with Crippen LogP contribution in [0.2, 0.25) is 0 Å². The number of carbonyl (C=O) groups is 2. The summed E-state index contributed by atoms with van der Waals surface area (Å²) < 4.78 is 4.87. The Kier molecular flexibility index (Phi) is 5.90. The zero-order chi connectivity index (χ0) is 15.8. The molecule has 0 aromatic heterocycles. The molecular weight excluding hydrogens is 270 g/mol. The number of hydrogen-bond donors (Lipinski definition) is 1. The first kappa shape index (κ1) is 16.2. The standard InChI is InChI=1S/C16H15NO4/c1-11(2)16(20)21-7-6-14(15(18)19)9-12-4-3-5-13(8-12)10-17/h3-5,8-9H,1,6-7H2,2H3,(H,18,19). The summed E-state index contributed by atoms with van der Waals surface area (Å²) in [7, 11) is 0. The molecule has 0 atom stereocenters. The van der Waals surface area contributed by atoms with Crippen LogP contribution in [-0.4, -0.2) is 23.7 Å². The summed E-state index contributed by atoms with van der Waals surface area (Å²) in [4.78, 5) is 22.4. The van der Waals surface area contributed by atoms with Gasteiger partial charge in [-0.25, -0.2) is 9.59 Å². The van der Waals surface area contributed by atoms with Crippen LogP contribution in [0.15, 0.2) is 42.0 Å². The zero-order valence-corrected chi connectivity index (χ0v) is 11.6. The van der Waals surface area contributed by atoms with E-state index in [0.29, 0.717) is 11.1 Å². The number of rotatable bonds is 6. The van der Waals surface area contributed by atoms with Gasteiger partial charge in [-0.3, -0.25) is 0 Å². The molecule has 0 aliphatic carbocycles. The highest BCUT2D eigenvalue weighted by Crippen LogP contribution is 2.12. The highest BCUT2D eigenvalue weighted by Gasteiger charge is 2.10. The number of carboxylic acid groups (broad SMARTS) is 1. The van der Waals surface area contributed by atoms with E-state index >= 15 is 0 Å². The van der Waals surface area contributed by atoms with Gasteiger partial charge in [-0.15, -0.1) is 0 Å². The fourth-order valence-corrected chi connectivity index (χ4v) is 1.52. The Morgan fingerprint density at radius 3 is 2.76 bits per heavy atom. The Bertz CT molecular complexity index is 638. The number of nitrogens with zero attached hydrogens (tertiary/aromatic N) is 1. The van der Waals surface area contributed by atoms with Crippen LogP contribution in [0.1, 0.15) is 24.5 Å². The third-order valence-corrected chi connectivity index (χ3v) is 2.58. The van der Waals surface area contributed by atoms with Gasteiger partial charge in [-0.2, -0.15) is 5.26 Å². The summed E-state index contributed by atoms with van der Waals surface area (Å²) in [5.41, 5.74) is 1.41. The lowest BCUT2D eigenvalue weighted by molar-refractivity contribution is -0.139. The number of carbonyl (C=O) groups excluding carboxylic acids is 1. The lowest BCUT2D eigenvalue weighted by Gasteiger charge is -2.05. The lowest BCUT2D eigenvalue weighted by atomic mass is 10.1. The molecule has 0 saturated heterocycles. The molecule has 0 aliphatic heterocycles. The highest BCUT2D eigenvalue weighted by molar-refractivity contribution is 5.92. The fourth-order valence-electron chi connectivity index (χ4n) is 1.52. The minimum atomic E-state index is -1.09. The molecule has 5 nitrogen and oxygen atoms in total. The van der Waals surface area contributed by atoms with Gasteiger partial charge in [0.1, 0.15) is 0 Å². The van der Waals surface area contributed by atoms with Gasteiger partial charge in [0.25, 0.3) is 0 Å². The van der Waals surface area contributed by atoms with Crippen LogP contribution in [0.5, 0.6) is 0 Å². The Labute approximate surface area is 122 Å². The second-order valence-corrected chi connectivity index (χ2v) is 4.38. The fraction of sp³-hybridized carbons (Fsp3) is 0.188. The van der Waals surface area contributed by atoms with E-state index in [1.807, 2.05) is 6.07 Å². The largest absolute Gasteiger partial charge is 0.478 e. The van der Waals surface area contributed by atoms with Crippen LogP contribution >= 0.6 is 0 Å². The van der Waals surface area contributed by atoms with Crippen molar-refractivity contribution in [3.8, 4) is 6.07 Å². The molecule has 0 aliphatic rings. The van der Waals surface area contributed by atoms with Crippen LogP contribution in [0.4, 0.5) is 0 Å². The van der Waals surface area contributed by atoms with E-state index in [1.165, 1.54) is 13.0 Å². The van der Waals surface area contributed by atoms with E-state index in [9.17, 15) is 9.59 Å². The van der Waals surface area contributed by atoms with Gasteiger partial charge in [0, 0.05) is 17.6 Å². The summed E-state index contributed by atoms with van der Waals surface area (Å²) in [6.45, 7) is 4.92. The first-order valence-electron chi connectivity index (χ1n) is 6.20. The van der Waals surface area contributed by atoms with Crippen molar-refractivity contribution < 1.29 is 19.4 Å². The monoisotopic (exact) mass is 285 g/mol. The maximum Gasteiger partial charge on any atom is 0.333 e. The first-order chi connectivity index (χ1) is 9.93. The number of nitriles is 1. The normalized spacial score (nSPS) is 10.6. The summed E-state index contributed by atoms with van der Waals surface area (Å²) >= 11 is 0. The Morgan fingerprint density at radius 2 is 2.19 bits per heavy atom. The molecule has 0 unspecified atom stereocenters. The number of hydrogen-bond acceptors (Lipinski definition) is 4. The van der Waals surface area contributed by atoms with Gasteiger partial charge in [0.2, 0.25) is 0 Å². The number of benzene rings is 1. The molecule has 0 fully saturated rings. The molecule has 21 heavy (non-hydrogen) atoms. The van der Waals surface area contributed by atoms with Gasteiger partial charge in [0.15, 0.2) is 0 Å². The van der Waals surface area contributed by atoms with Crippen LogP contribution in [0.25, 0.3) is 6.08 Å². The van der Waals surface area contributed by atoms with Crippen molar-refractivity contribution in [1.82, 2.24) is 0 Å². The number of aliphatic carboxylic acids is 1. The van der Waals surface area contributed by atoms with Crippen molar-refractivity contribution >= 4 is 18.0 Å². The summed E-state index contributed by atoms with van der Waals surface area (Å²) in [6, 6.07) is 8.57. The summed E-state index contributed by atoms with van der Waals surface area (Å²) in [5.74, 6) is -1.64. The Hall–Kier alpha value is -2.87. The minimum Gasteiger partial charge on any atom is -0.478 e. The van der Waals surface area contributed by atoms with Crippen molar-refractivity contribution in [1.29, 1.82) is 5.26 Å². The molecule has 0 bridgehead atoms. The quantitative estimate of drug-likeness (QED) is 0.641. The average Bonchev–Trinajstić information content (AvgIpc) is 2.45. The zero-order valence-electron chi connectivity index (χ0n) is 11.6. The Balaban J connectivity index is 2.79. The molecule has 108 valence electrons. The topological polar surface area (TPSA) is 87.4 Å². The maximum atomic E-state index is 11.2. The third-order valence-electron chi connectivity index (χ3n) is 2.58. The van der Waals surface area contributed by atoms with E-state index in [-0.39, 0.29) is 24.2 Å². The molecule has 1 aromatic rings. The van der Waals surface area contributed by atoms with E-state index in [0.717, 1.165) is 0 Å². The van der Waals surface area contributed by atoms with Crippen molar-refractivity contribution in [2.75, 3.05) is 6.61 Å². The number of ether oxygens (including phenoxy) is 1. The number of esters is 1. The summed E-state index contributed by atoms with van der Waals surface area (Å²) in [5, 5.41) is 18.0. The molecular formula is C16H15NO4. The van der Waals surface area contributed by atoms with Crippen LogP contribution in [-0.2, 0) is 14.3 Å². The molecule has 0 saturated carbocycles. The van der Waals surface area contributed by atoms with Gasteiger partial charge >= 0.3 is 11.9 Å². The molecule has 0 radical (unpaired) electrons. The highest BCUT2D eigenvalue weighted by atomic mass is 16.5. The lowest BCUT2D eigenvalue weighted by Crippen LogP contribution is -2.09. The predicted octanol–water partition coefficient (Wildman–Crippen LogP) is 2.54. The third kappa shape index (κ3) is 5.33. The smallest absolute Gasteiger partial charge is 0.333 e. The molecule has 1 rings (SSSR count). The first-order valence-corrected chi connectivity index (χ1v) is 6.20. The van der Waals surface area contributed by atoms with Gasteiger partial charge < -0.3 is 9.84 Å². The molecule has 5 heteroatoms. The van der Waals surface area contributed by atoms with Gasteiger partial charge in [-0.05, 0) is 30.7 Å². The van der Waals surface area contributed by atoms with Crippen LogP contribution in [0, 0.1) is 11.3 Å². The van der Waals surface area contributed by atoms with Gasteiger partial charge in [-0.1, -0.05) is 18.7 Å².